The van der Waals surface area contributed by atoms with E-state index in [0.29, 0.717) is 34.3 Å². The Kier molecular flexibility index (Phi) is 5.37. The van der Waals surface area contributed by atoms with Crippen molar-refractivity contribution >= 4 is 11.6 Å². The van der Waals surface area contributed by atoms with Crippen LogP contribution in [-0.4, -0.2) is 30.8 Å². The maximum Gasteiger partial charge on any atom is 0.260 e. The van der Waals surface area contributed by atoms with Crippen molar-refractivity contribution in [2.45, 2.75) is 40.5 Å². The molecule has 0 aliphatic rings. The number of nitrogens with zero attached hydrogens (tertiary/aromatic N) is 5. The maximum absolute atomic E-state index is 12.9. The molecule has 0 fully saturated rings. The van der Waals surface area contributed by atoms with E-state index in [1.807, 2.05) is 58.9 Å². The molecule has 1 amide bonds. The van der Waals surface area contributed by atoms with Gasteiger partial charge >= 0.3 is 0 Å². The van der Waals surface area contributed by atoms with Crippen LogP contribution in [0, 0.1) is 20.8 Å². The van der Waals surface area contributed by atoms with Crippen LogP contribution < -0.4 is 5.32 Å². The van der Waals surface area contributed by atoms with E-state index in [1.54, 1.807) is 23.0 Å². The molecule has 8 heteroatoms. The third kappa shape index (κ3) is 4.09. The number of nitrogens with one attached hydrogen (secondary N) is 1. The Hall–Kier alpha value is -3.81. The lowest BCUT2D eigenvalue weighted by atomic mass is 10.1. The quantitative estimate of drug-likeness (QED) is 0.510. The third-order valence-electron chi connectivity index (χ3n) is 4.94. The van der Waals surface area contributed by atoms with Gasteiger partial charge in [-0.1, -0.05) is 31.1 Å². The van der Waals surface area contributed by atoms with Crippen LogP contribution in [0.25, 0.3) is 17.3 Å². The number of amides is 1. The largest absolute Gasteiger partial charge is 0.334 e. The molecule has 0 radical (unpaired) electrons. The molecule has 0 saturated carbocycles. The summed E-state index contributed by atoms with van der Waals surface area (Å²) >= 11 is 0. The van der Waals surface area contributed by atoms with Gasteiger partial charge in [0.25, 0.3) is 11.8 Å². The van der Waals surface area contributed by atoms with Crippen molar-refractivity contribution in [2.75, 3.05) is 5.32 Å². The molecule has 3 heterocycles. The number of pyridine rings is 1. The number of anilines is 1. The number of rotatable bonds is 5. The second-order valence-electron chi connectivity index (χ2n) is 7.81. The molecular weight excluding hydrogens is 392 g/mol. The van der Waals surface area contributed by atoms with Crippen molar-refractivity contribution in [1.29, 1.82) is 0 Å². The zero-order valence-electron chi connectivity index (χ0n) is 18.2. The third-order valence-corrected chi connectivity index (χ3v) is 4.94. The van der Waals surface area contributed by atoms with E-state index in [2.05, 4.69) is 25.5 Å². The van der Waals surface area contributed by atoms with E-state index in [4.69, 9.17) is 4.52 Å². The molecule has 0 aliphatic heterocycles. The minimum absolute atomic E-state index is 0.146. The molecule has 31 heavy (non-hydrogen) atoms. The van der Waals surface area contributed by atoms with Gasteiger partial charge < -0.3 is 9.84 Å². The van der Waals surface area contributed by atoms with Crippen molar-refractivity contribution in [1.82, 2.24) is 24.9 Å². The molecule has 1 aromatic carbocycles. The van der Waals surface area contributed by atoms with Crippen molar-refractivity contribution < 1.29 is 9.32 Å². The number of aromatic nitrogens is 5. The molecule has 0 aliphatic carbocycles. The topological polar surface area (TPSA) is 98.7 Å². The molecule has 4 aromatic rings. The molecule has 0 spiro atoms. The number of para-hydroxylation sites is 1. The second kappa shape index (κ2) is 8.14. The fourth-order valence-corrected chi connectivity index (χ4v) is 3.28. The summed E-state index contributed by atoms with van der Waals surface area (Å²) in [6.07, 6.45) is 1.54. The van der Waals surface area contributed by atoms with Crippen LogP contribution >= 0.6 is 0 Å². The van der Waals surface area contributed by atoms with Gasteiger partial charge in [-0.2, -0.15) is 10.1 Å². The lowest BCUT2D eigenvalue weighted by molar-refractivity contribution is 0.102. The Morgan fingerprint density at radius 3 is 2.55 bits per heavy atom. The Bertz CT molecular complexity index is 1240. The van der Waals surface area contributed by atoms with E-state index < -0.39 is 0 Å². The smallest absolute Gasteiger partial charge is 0.260 e. The van der Waals surface area contributed by atoms with Gasteiger partial charge in [-0.25, -0.2) is 9.67 Å². The van der Waals surface area contributed by atoms with Crippen LogP contribution in [0.3, 0.4) is 0 Å². The monoisotopic (exact) mass is 416 g/mol. The number of carbonyl (C=O) groups excluding carboxylic acids is 1. The molecule has 0 bridgehead atoms. The normalized spacial score (nSPS) is 11.2. The van der Waals surface area contributed by atoms with E-state index in [9.17, 15) is 4.79 Å². The molecular formula is C23H24N6O2. The second-order valence-corrected chi connectivity index (χ2v) is 7.81. The highest BCUT2D eigenvalue weighted by molar-refractivity contribution is 6.06. The van der Waals surface area contributed by atoms with Gasteiger partial charge in [-0.05, 0) is 50.6 Å². The molecule has 158 valence electrons. The standard InChI is InChI=1S/C23H24N6O2/c1-13(2)21-26-23(31-28-21)18-8-6-7-14(3)20(18)25-22(30)17-9-10-19(24-12-17)29-16(5)11-15(4)27-29/h6-13H,1-5H3,(H,25,30). The van der Waals surface area contributed by atoms with Gasteiger partial charge in [0.2, 0.25) is 0 Å². The van der Waals surface area contributed by atoms with Gasteiger partial charge in [0.15, 0.2) is 11.6 Å². The molecule has 1 N–H and O–H groups in total. The zero-order chi connectivity index (χ0) is 22.1. The number of hydrogen-bond donors (Lipinski definition) is 1. The summed E-state index contributed by atoms with van der Waals surface area (Å²) in [6.45, 7) is 9.80. The van der Waals surface area contributed by atoms with Crippen LogP contribution in [0.2, 0.25) is 0 Å². The lowest BCUT2D eigenvalue weighted by Gasteiger charge is -2.12. The minimum Gasteiger partial charge on any atom is -0.334 e. The van der Waals surface area contributed by atoms with Crippen molar-refractivity contribution in [2.24, 2.45) is 0 Å². The SMILES string of the molecule is Cc1cc(C)n(-c2ccc(C(=O)Nc3c(C)cccc3-c3nc(C(C)C)no3)cn2)n1. The maximum atomic E-state index is 12.9. The number of hydrogen-bond acceptors (Lipinski definition) is 6. The number of aryl methyl sites for hydroxylation is 3. The van der Waals surface area contributed by atoms with Crippen molar-refractivity contribution in [3.05, 3.63) is 70.9 Å². The summed E-state index contributed by atoms with van der Waals surface area (Å²) in [5, 5.41) is 11.4. The minimum atomic E-state index is -0.272. The Morgan fingerprint density at radius 2 is 1.94 bits per heavy atom. The van der Waals surface area contributed by atoms with Gasteiger partial charge in [0, 0.05) is 17.8 Å². The first-order valence-electron chi connectivity index (χ1n) is 10.1. The van der Waals surface area contributed by atoms with Crippen LogP contribution in [0.1, 0.15) is 52.9 Å². The van der Waals surface area contributed by atoms with E-state index >= 15 is 0 Å². The fraction of sp³-hybridized carbons (Fsp3) is 0.261. The van der Waals surface area contributed by atoms with Gasteiger partial charge in [0.1, 0.15) is 0 Å². The average Bonchev–Trinajstić information content (AvgIpc) is 3.36. The van der Waals surface area contributed by atoms with E-state index in [1.165, 1.54) is 0 Å². The van der Waals surface area contributed by atoms with E-state index in [-0.39, 0.29) is 11.8 Å². The van der Waals surface area contributed by atoms with Gasteiger partial charge in [-0.3, -0.25) is 4.79 Å². The van der Waals surface area contributed by atoms with Crippen LogP contribution in [0.15, 0.2) is 47.1 Å². The first kappa shape index (κ1) is 20.5. The zero-order valence-corrected chi connectivity index (χ0v) is 18.2. The van der Waals surface area contributed by atoms with Crippen LogP contribution in [0.4, 0.5) is 5.69 Å². The highest BCUT2D eigenvalue weighted by Gasteiger charge is 2.18. The highest BCUT2D eigenvalue weighted by Crippen LogP contribution is 2.31. The first-order valence-corrected chi connectivity index (χ1v) is 10.1. The predicted molar refractivity (Wildman–Crippen MR) is 117 cm³/mol. The summed E-state index contributed by atoms with van der Waals surface area (Å²) in [6, 6.07) is 11.2. The molecule has 3 aromatic heterocycles. The summed E-state index contributed by atoms with van der Waals surface area (Å²) in [7, 11) is 0. The fourth-order valence-electron chi connectivity index (χ4n) is 3.28. The first-order chi connectivity index (χ1) is 14.8. The Labute approximate surface area is 180 Å². The predicted octanol–water partition coefficient (Wildman–Crippen LogP) is 4.62. The Morgan fingerprint density at radius 1 is 1.13 bits per heavy atom. The van der Waals surface area contributed by atoms with Gasteiger partial charge in [-0.15, -0.1) is 0 Å². The molecule has 4 rings (SSSR count). The average molecular weight is 416 g/mol. The highest BCUT2D eigenvalue weighted by atomic mass is 16.5. The summed E-state index contributed by atoms with van der Waals surface area (Å²) in [4.78, 5) is 21.8. The molecule has 0 saturated heterocycles. The van der Waals surface area contributed by atoms with Crippen molar-refractivity contribution in [3.63, 3.8) is 0 Å². The summed E-state index contributed by atoms with van der Waals surface area (Å²) in [5.74, 6) is 1.53. The Balaban J connectivity index is 1.61. The number of carbonyl (C=O) groups is 1. The van der Waals surface area contributed by atoms with Gasteiger partial charge in [0.05, 0.1) is 22.5 Å². The van der Waals surface area contributed by atoms with Crippen LogP contribution in [0.5, 0.6) is 0 Å². The van der Waals surface area contributed by atoms with Crippen molar-refractivity contribution in [3.8, 4) is 17.3 Å². The van der Waals surface area contributed by atoms with E-state index in [0.717, 1.165) is 17.0 Å². The van der Waals surface area contributed by atoms with Crippen LogP contribution in [-0.2, 0) is 0 Å². The molecule has 0 unspecified atom stereocenters. The molecule has 8 nitrogen and oxygen atoms in total. The summed E-state index contributed by atoms with van der Waals surface area (Å²) in [5.41, 5.74) is 4.53. The number of benzene rings is 1. The lowest BCUT2D eigenvalue weighted by Crippen LogP contribution is -2.14. The molecule has 0 atom stereocenters. The summed E-state index contributed by atoms with van der Waals surface area (Å²) < 4.78 is 7.19.